The molecule has 0 saturated carbocycles. The summed E-state index contributed by atoms with van der Waals surface area (Å²) in [6.45, 7) is 0.233. The monoisotopic (exact) mass is 308 g/mol. The fourth-order valence-electron chi connectivity index (χ4n) is 1.70. The number of hydrogen-bond acceptors (Lipinski definition) is 6. The van der Waals surface area contributed by atoms with Crippen LogP contribution in [0.1, 0.15) is 10.4 Å². The van der Waals surface area contributed by atoms with Gasteiger partial charge in [0.2, 0.25) is 5.91 Å². The van der Waals surface area contributed by atoms with Crippen LogP contribution in [-0.4, -0.2) is 51.2 Å². The molecule has 0 aliphatic carbocycles. The van der Waals surface area contributed by atoms with Gasteiger partial charge < -0.3 is 24.8 Å². The van der Waals surface area contributed by atoms with E-state index >= 15 is 0 Å². The second kappa shape index (κ2) is 7.30. The van der Waals surface area contributed by atoms with Crippen LogP contribution in [0.15, 0.2) is 18.2 Å². The first kappa shape index (κ1) is 15.6. The molecule has 0 aromatic heterocycles. The Morgan fingerprint density at radius 2 is 1.86 bits per heavy atom. The van der Waals surface area contributed by atoms with Crippen molar-refractivity contribution in [2.45, 2.75) is 0 Å². The highest BCUT2D eigenvalue weighted by Crippen LogP contribution is 2.30. The molecule has 0 unspecified atom stereocenters. The molecular formula is C14H16N2O6. The van der Waals surface area contributed by atoms with Crippen LogP contribution in [0.4, 0.5) is 0 Å². The summed E-state index contributed by atoms with van der Waals surface area (Å²) in [5.74, 6) is -0.538. The van der Waals surface area contributed by atoms with E-state index in [4.69, 9.17) is 14.2 Å². The van der Waals surface area contributed by atoms with E-state index in [0.717, 1.165) is 0 Å². The highest BCUT2D eigenvalue weighted by molar-refractivity contribution is 5.92. The molecule has 1 aliphatic rings. The summed E-state index contributed by atoms with van der Waals surface area (Å²) in [4.78, 5) is 34.2. The number of carbonyl (C=O) groups is 3. The van der Waals surface area contributed by atoms with Crippen molar-refractivity contribution in [1.82, 2.24) is 10.6 Å². The number of rotatable bonds is 5. The summed E-state index contributed by atoms with van der Waals surface area (Å²) in [6.07, 6.45) is 0. The molecule has 8 nitrogen and oxygen atoms in total. The van der Waals surface area contributed by atoms with Crippen LogP contribution < -0.4 is 20.1 Å². The number of fused-ring (bicyclic) bond motifs is 1. The first-order valence-electron chi connectivity index (χ1n) is 6.64. The Morgan fingerprint density at radius 1 is 1.14 bits per heavy atom. The van der Waals surface area contributed by atoms with Crippen molar-refractivity contribution >= 4 is 17.8 Å². The molecule has 1 heterocycles. The predicted octanol–water partition coefficient (Wildman–Crippen LogP) is -0.523. The van der Waals surface area contributed by atoms with Crippen molar-refractivity contribution in [2.75, 3.05) is 33.4 Å². The number of benzene rings is 1. The van der Waals surface area contributed by atoms with E-state index in [9.17, 15) is 14.4 Å². The van der Waals surface area contributed by atoms with E-state index in [1.807, 2.05) is 0 Å². The number of nitrogens with one attached hydrogen (secondary N) is 2. The van der Waals surface area contributed by atoms with E-state index in [1.165, 1.54) is 19.2 Å². The van der Waals surface area contributed by atoms with Crippen molar-refractivity contribution in [2.24, 2.45) is 0 Å². The Balaban J connectivity index is 1.84. The van der Waals surface area contributed by atoms with Gasteiger partial charge >= 0.3 is 5.97 Å². The third kappa shape index (κ3) is 4.11. The number of likely N-dealkylation sites (N-methyl/N-ethyl adjacent to an activating group) is 1. The molecular weight excluding hydrogens is 292 g/mol. The SMILES string of the molecule is CNC(=O)CNC(=O)COC(=O)c1ccc2c(c1)OCCO2. The molecule has 118 valence electrons. The molecule has 0 spiro atoms. The lowest BCUT2D eigenvalue weighted by Gasteiger charge is -2.18. The number of esters is 1. The quantitative estimate of drug-likeness (QED) is 0.709. The zero-order valence-electron chi connectivity index (χ0n) is 12.0. The average molecular weight is 308 g/mol. The lowest BCUT2D eigenvalue weighted by molar-refractivity contribution is -0.127. The summed E-state index contributed by atoms with van der Waals surface area (Å²) >= 11 is 0. The minimum Gasteiger partial charge on any atom is -0.486 e. The minimum absolute atomic E-state index is 0.170. The Morgan fingerprint density at radius 3 is 2.59 bits per heavy atom. The van der Waals surface area contributed by atoms with Crippen molar-refractivity contribution in [3.05, 3.63) is 23.8 Å². The molecule has 0 fully saturated rings. The van der Waals surface area contributed by atoms with E-state index in [0.29, 0.717) is 24.7 Å². The van der Waals surface area contributed by atoms with Crippen LogP contribution in [0.2, 0.25) is 0 Å². The van der Waals surface area contributed by atoms with Crippen LogP contribution in [0.3, 0.4) is 0 Å². The van der Waals surface area contributed by atoms with Crippen LogP contribution in [0, 0.1) is 0 Å². The lowest BCUT2D eigenvalue weighted by Crippen LogP contribution is -2.37. The molecule has 0 atom stereocenters. The smallest absolute Gasteiger partial charge is 0.338 e. The normalized spacial score (nSPS) is 12.2. The topological polar surface area (TPSA) is 103 Å². The third-order valence-electron chi connectivity index (χ3n) is 2.84. The summed E-state index contributed by atoms with van der Waals surface area (Å²) in [6, 6.07) is 4.63. The lowest BCUT2D eigenvalue weighted by atomic mass is 10.2. The molecule has 8 heteroatoms. The molecule has 2 rings (SSSR count). The fraction of sp³-hybridized carbons (Fsp3) is 0.357. The molecule has 0 radical (unpaired) electrons. The number of hydrogen-bond donors (Lipinski definition) is 2. The van der Waals surface area contributed by atoms with Crippen LogP contribution >= 0.6 is 0 Å². The van der Waals surface area contributed by atoms with E-state index < -0.39 is 18.5 Å². The van der Waals surface area contributed by atoms with Crippen molar-refractivity contribution in [1.29, 1.82) is 0 Å². The first-order chi connectivity index (χ1) is 10.6. The third-order valence-corrected chi connectivity index (χ3v) is 2.84. The predicted molar refractivity (Wildman–Crippen MR) is 74.8 cm³/mol. The Kier molecular flexibility index (Phi) is 5.18. The average Bonchev–Trinajstić information content (AvgIpc) is 2.56. The minimum atomic E-state index is -0.660. The maximum absolute atomic E-state index is 11.9. The Labute approximate surface area is 126 Å². The maximum atomic E-state index is 11.9. The number of amides is 2. The number of carbonyl (C=O) groups excluding carboxylic acids is 3. The summed E-state index contributed by atoms with van der Waals surface area (Å²) in [5, 5.41) is 4.67. The van der Waals surface area contributed by atoms with Crippen molar-refractivity contribution < 1.29 is 28.6 Å². The largest absolute Gasteiger partial charge is 0.486 e. The highest BCUT2D eigenvalue weighted by atomic mass is 16.6. The second-order valence-electron chi connectivity index (χ2n) is 4.38. The highest BCUT2D eigenvalue weighted by Gasteiger charge is 2.16. The van der Waals surface area contributed by atoms with Gasteiger partial charge in [-0.2, -0.15) is 0 Å². The first-order valence-corrected chi connectivity index (χ1v) is 6.64. The number of ether oxygens (including phenoxy) is 3. The van der Waals surface area contributed by atoms with Crippen LogP contribution in [0.5, 0.6) is 11.5 Å². The molecule has 1 aromatic carbocycles. The van der Waals surface area contributed by atoms with Gasteiger partial charge in [-0.3, -0.25) is 9.59 Å². The fourth-order valence-corrected chi connectivity index (χ4v) is 1.70. The molecule has 22 heavy (non-hydrogen) atoms. The van der Waals surface area contributed by atoms with Gasteiger partial charge in [-0.25, -0.2) is 4.79 Å². The van der Waals surface area contributed by atoms with E-state index in [-0.39, 0.29) is 18.0 Å². The van der Waals surface area contributed by atoms with E-state index in [1.54, 1.807) is 6.07 Å². The summed E-state index contributed by atoms with van der Waals surface area (Å²) in [5.41, 5.74) is 0.253. The summed E-state index contributed by atoms with van der Waals surface area (Å²) in [7, 11) is 1.45. The standard InChI is InChI=1S/C14H16N2O6/c1-15-12(17)7-16-13(18)8-22-14(19)9-2-3-10-11(6-9)21-5-4-20-10/h2-3,6H,4-5,7-8H2,1H3,(H,15,17)(H,16,18). The van der Waals surface area contributed by atoms with Gasteiger partial charge in [-0.1, -0.05) is 0 Å². The van der Waals surface area contributed by atoms with E-state index in [2.05, 4.69) is 10.6 Å². The molecule has 2 N–H and O–H groups in total. The molecule has 1 aliphatic heterocycles. The van der Waals surface area contributed by atoms with Crippen molar-refractivity contribution in [3.8, 4) is 11.5 Å². The van der Waals surface area contributed by atoms with Crippen molar-refractivity contribution in [3.63, 3.8) is 0 Å². The van der Waals surface area contributed by atoms with Gasteiger partial charge in [-0.15, -0.1) is 0 Å². The molecule has 1 aromatic rings. The van der Waals surface area contributed by atoms with Crippen LogP contribution in [0.25, 0.3) is 0 Å². The van der Waals surface area contributed by atoms with Gasteiger partial charge in [-0.05, 0) is 18.2 Å². The van der Waals surface area contributed by atoms with Gasteiger partial charge in [0.1, 0.15) is 13.2 Å². The van der Waals surface area contributed by atoms with Gasteiger partial charge in [0, 0.05) is 7.05 Å². The molecule has 0 bridgehead atoms. The molecule has 2 amide bonds. The van der Waals surface area contributed by atoms with Gasteiger partial charge in [0.15, 0.2) is 18.1 Å². The van der Waals surface area contributed by atoms with Crippen LogP contribution in [-0.2, 0) is 14.3 Å². The van der Waals surface area contributed by atoms with Gasteiger partial charge in [0.05, 0.1) is 12.1 Å². The zero-order chi connectivity index (χ0) is 15.9. The summed E-state index contributed by atoms with van der Waals surface area (Å²) < 4.78 is 15.6. The maximum Gasteiger partial charge on any atom is 0.338 e. The molecule has 0 saturated heterocycles. The Bertz CT molecular complexity index is 587. The zero-order valence-corrected chi connectivity index (χ0v) is 12.0. The van der Waals surface area contributed by atoms with Gasteiger partial charge in [0.25, 0.3) is 5.91 Å². The second-order valence-corrected chi connectivity index (χ2v) is 4.38. The Hall–Kier alpha value is -2.77.